The van der Waals surface area contributed by atoms with E-state index in [1.54, 1.807) is 48.5 Å². The van der Waals surface area contributed by atoms with E-state index in [9.17, 15) is 9.59 Å². The Balaban J connectivity index is 1.71. The van der Waals surface area contributed by atoms with Gasteiger partial charge in [0, 0.05) is 0 Å². The third-order valence-electron chi connectivity index (χ3n) is 3.42. The third kappa shape index (κ3) is 3.14. The number of anilines is 2. The van der Waals surface area contributed by atoms with Crippen molar-refractivity contribution < 1.29 is 14.3 Å². The van der Waals surface area contributed by atoms with Gasteiger partial charge in [0.1, 0.15) is 12.3 Å². The highest BCUT2D eigenvalue weighted by Gasteiger charge is 2.26. The lowest BCUT2D eigenvalue weighted by Gasteiger charge is -2.29. The minimum absolute atomic E-state index is 0.0351. The Hall–Kier alpha value is -3.33. The summed E-state index contributed by atoms with van der Waals surface area (Å²) in [7, 11) is 0. The quantitative estimate of drug-likeness (QED) is 0.939. The van der Waals surface area contributed by atoms with Crippen LogP contribution in [0.3, 0.4) is 0 Å². The van der Waals surface area contributed by atoms with Gasteiger partial charge >= 0.3 is 0 Å². The molecule has 0 spiro atoms. The maximum absolute atomic E-state index is 12.4. The van der Waals surface area contributed by atoms with Crippen LogP contribution in [0, 0.1) is 11.3 Å². The molecule has 0 atom stereocenters. The van der Waals surface area contributed by atoms with Gasteiger partial charge < -0.3 is 10.1 Å². The van der Waals surface area contributed by atoms with Crippen molar-refractivity contribution in [3.63, 3.8) is 0 Å². The van der Waals surface area contributed by atoms with Crippen LogP contribution in [0.25, 0.3) is 0 Å². The maximum atomic E-state index is 12.4. The molecule has 23 heavy (non-hydrogen) atoms. The summed E-state index contributed by atoms with van der Waals surface area (Å²) >= 11 is 0. The highest BCUT2D eigenvalue weighted by atomic mass is 16.5. The molecular weight excluding hydrogens is 294 g/mol. The number of para-hydroxylation sites is 2. The second kappa shape index (κ2) is 6.20. The molecule has 0 saturated carbocycles. The number of amides is 2. The van der Waals surface area contributed by atoms with Crippen molar-refractivity contribution in [3.8, 4) is 11.8 Å². The monoisotopic (exact) mass is 307 g/mol. The van der Waals surface area contributed by atoms with Gasteiger partial charge in [-0.05, 0) is 36.4 Å². The lowest BCUT2D eigenvalue weighted by atomic mass is 10.2. The van der Waals surface area contributed by atoms with Gasteiger partial charge in [0.15, 0.2) is 6.61 Å². The summed E-state index contributed by atoms with van der Waals surface area (Å²) in [4.78, 5) is 25.5. The molecule has 0 radical (unpaired) electrons. The minimum Gasteiger partial charge on any atom is -0.484 e. The highest BCUT2D eigenvalue weighted by molar-refractivity contribution is 6.10. The molecule has 6 heteroatoms. The molecule has 0 aromatic heterocycles. The van der Waals surface area contributed by atoms with Crippen molar-refractivity contribution in [2.24, 2.45) is 0 Å². The van der Waals surface area contributed by atoms with Crippen LogP contribution in [0.1, 0.15) is 5.56 Å². The second-order valence-corrected chi connectivity index (χ2v) is 4.97. The average molecular weight is 307 g/mol. The summed E-state index contributed by atoms with van der Waals surface area (Å²) in [5.74, 6) is -0.0563. The standard InChI is InChI=1S/C17H13N3O3/c18-9-12-5-7-13(8-6-12)23-11-17(22)20-10-16(21)19-14-3-1-2-4-15(14)20/h1-8H,10-11H2,(H,19,21). The van der Waals surface area contributed by atoms with Gasteiger partial charge in [-0.3, -0.25) is 14.5 Å². The molecule has 6 nitrogen and oxygen atoms in total. The number of nitrogens with zero attached hydrogens (tertiary/aromatic N) is 2. The number of hydrogen-bond acceptors (Lipinski definition) is 4. The molecule has 1 heterocycles. The molecule has 2 amide bonds. The van der Waals surface area contributed by atoms with Crippen LogP contribution in [0.4, 0.5) is 11.4 Å². The number of benzene rings is 2. The van der Waals surface area contributed by atoms with Crippen molar-refractivity contribution in [3.05, 3.63) is 54.1 Å². The van der Waals surface area contributed by atoms with Crippen molar-refractivity contribution in [1.82, 2.24) is 0 Å². The molecule has 0 saturated heterocycles. The van der Waals surface area contributed by atoms with Gasteiger partial charge in [0.05, 0.1) is 23.0 Å². The van der Waals surface area contributed by atoms with E-state index in [0.717, 1.165) is 0 Å². The number of fused-ring (bicyclic) bond motifs is 1. The molecule has 1 aliphatic heterocycles. The molecule has 0 fully saturated rings. The summed E-state index contributed by atoms with van der Waals surface area (Å²) in [5, 5.41) is 11.5. The summed E-state index contributed by atoms with van der Waals surface area (Å²) in [6, 6.07) is 15.6. The predicted octanol–water partition coefficient (Wildman–Crippen LogP) is 1.92. The molecule has 0 aliphatic carbocycles. The first-order valence-corrected chi connectivity index (χ1v) is 6.99. The lowest BCUT2D eigenvalue weighted by Crippen LogP contribution is -2.44. The zero-order valence-electron chi connectivity index (χ0n) is 12.2. The first-order valence-electron chi connectivity index (χ1n) is 6.99. The van der Waals surface area contributed by atoms with Crippen LogP contribution in [0.15, 0.2) is 48.5 Å². The molecule has 0 unspecified atom stereocenters. The van der Waals surface area contributed by atoms with Gasteiger partial charge in [-0.15, -0.1) is 0 Å². The SMILES string of the molecule is N#Cc1ccc(OCC(=O)N2CC(=O)Nc3ccccc32)cc1. The fraction of sp³-hybridized carbons (Fsp3) is 0.118. The average Bonchev–Trinajstić information content (AvgIpc) is 2.59. The van der Waals surface area contributed by atoms with Crippen LogP contribution in [0.2, 0.25) is 0 Å². The van der Waals surface area contributed by atoms with Gasteiger partial charge in [-0.2, -0.15) is 5.26 Å². The largest absolute Gasteiger partial charge is 0.484 e. The first-order chi connectivity index (χ1) is 11.2. The molecule has 1 aliphatic rings. The molecule has 3 rings (SSSR count). The molecule has 1 N–H and O–H groups in total. The number of ether oxygens (including phenoxy) is 1. The molecule has 2 aromatic carbocycles. The Bertz CT molecular complexity index is 793. The van der Waals surface area contributed by atoms with Crippen LogP contribution in [-0.2, 0) is 9.59 Å². The van der Waals surface area contributed by atoms with Crippen molar-refractivity contribution in [2.75, 3.05) is 23.4 Å². The molecule has 2 aromatic rings. The molecule has 0 bridgehead atoms. The van der Waals surface area contributed by atoms with E-state index in [1.807, 2.05) is 6.07 Å². The lowest BCUT2D eigenvalue weighted by molar-refractivity contribution is -0.123. The number of carbonyl (C=O) groups excluding carboxylic acids is 2. The molecular formula is C17H13N3O3. The van der Waals surface area contributed by atoms with Gasteiger partial charge in [0.2, 0.25) is 5.91 Å². The Kier molecular flexibility index (Phi) is 3.93. The van der Waals surface area contributed by atoms with Crippen LogP contribution >= 0.6 is 0 Å². The Morgan fingerprint density at radius 1 is 1.22 bits per heavy atom. The van der Waals surface area contributed by atoms with Gasteiger partial charge in [0.25, 0.3) is 5.91 Å². The smallest absolute Gasteiger partial charge is 0.265 e. The fourth-order valence-electron chi connectivity index (χ4n) is 2.30. The third-order valence-corrected chi connectivity index (χ3v) is 3.42. The zero-order chi connectivity index (χ0) is 16.2. The number of rotatable bonds is 3. The van der Waals surface area contributed by atoms with Crippen LogP contribution in [-0.4, -0.2) is 25.0 Å². The number of carbonyl (C=O) groups is 2. The number of hydrogen-bond donors (Lipinski definition) is 1. The topological polar surface area (TPSA) is 82.4 Å². The van der Waals surface area contributed by atoms with Crippen LogP contribution in [0.5, 0.6) is 5.75 Å². The highest BCUT2D eigenvalue weighted by Crippen LogP contribution is 2.28. The van der Waals surface area contributed by atoms with Crippen LogP contribution < -0.4 is 15.0 Å². The van der Waals surface area contributed by atoms with E-state index in [2.05, 4.69) is 5.32 Å². The van der Waals surface area contributed by atoms with Crippen molar-refractivity contribution >= 4 is 23.2 Å². The molecule has 114 valence electrons. The Morgan fingerprint density at radius 2 is 1.96 bits per heavy atom. The second-order valence-electron chi connectivity index (χ2n) is 4.97. The van der Waals surface area contributed by atoms with Gasteiger partial charge in [-0.25, -0.2) is 0 Å². The summed E-state index contributed by atoms with van der Waals surface area (Å²) in [6.07, 6.45) is 0. The van der Waals surface area contributed by atoms with E-state index >= 15 is 0 Å². The van der Waals surface area contributed by atoms with E-state index in [-0.39, 0.29) is 25.0 Å². The number of nitriles is 1. The number of nitrogens with one attached hydrogen (secondary N) is 1. The maximum Gasteiger partial charge on any atom is 0.265 e. The summed E-state index contributed by atoms with van der Waals surface area (Å²) < 4.78 is 5.44. The van der Waals surface area contributed by atoms with Crippen molar-refractivity contribution in [1.29, 1.82) is 5.26 Å². The summed E-state index contributed by atoms with van der Waals surface area (Å²) in [5.41, 5.74) is 1.78. The van der Waals surface area contributed by atoms with Gasteiger partial charge in [-0.1, -0.05) is 12.1 Å². The minimum atomic E-state index is -0.309. The zero-order valence-corrected chi connectivity index (χ0v) is 12.2. The van der Waals surface area contributed by atoms with E-state index in [1.165, 1.54) is 4.90 Å². The normalized spacial score (nSPS) is 12.8. The van der Waals surface area contributed by atoms with E-state index < -0.39 is 0 Å². The first kappa shape index (κ1) is 14.6. The van der Waals surface area contributed by atoms with Crippen molar-refractivity contribution in [2.45, 2.75) is 0 Å². The van der Waals surface area contributed by atoms with E-state index in [0.29, 0.717) is 22.7 Å². The predicted molar refractivity (Wildman–Crippen MR) is 84.1 cm³/mol. The van der Waals surface area contributed by atoms with E-state index in [4.69, 9.17) is 10.00 Å². The Labute approximate surface area is 132 Å². The summed E-state index contributed by atoms with van der Waals surface area (Å²) in [6.45, 7) is -0.222. The fourth-order valence-corrected chi connectivity index (χ4v) is 2.30. The Morgan fingerprint density at radius 3 is 2.70 bits per heavy atom.